The molecule has 0 aromatic heterocycles. The minimum absolute atomic E-state index is 0.0950. The summed E-state index contributed by atoms with van der Waals surface area (Å²) in [6, 6.07) is 0. The topological polar surface area (TPSA) is 78.9 Å². The van der Waals surface area contributed by atoms with E-state index in [-0.39, 0.29) is 31.1 Å². The van der Waals surface area contributed by atoms with Crippen molar-refractivity contribution in [2.45, 2.75) is 290 Å². The number of hydrogen-bond donors (Lipinski definition) is 0. The van der Waals surface area contributed by atoms with Crippen molar-refractivity contribution < 1.29 is 28.6 Å². The van der Waals surface area contributed by atoms with Gasteiger partial charge in [0.25, 0.3) is 0 Å². The van der Waals surface area contributed by atoms with Gasteiger partial charge in [0, 0.05) is 19.3 Å². The molecule has 1 unspecified atom stereocenters. The van der Waals surface area contributed by atoms with Crippen LogP contribution in [0.4, 0.5) is 0 Å². The van der Waals surface area contributed by atoms with E-state index < -0.39 is 6.10 Å². The molecular weight excluding hydrogens is 985 g/mol. The lowest BCUT2D eigenvalue weighted by Crippen LogP contribution is -2.30. The molecule has 0 aliphatic heterocycles. The molecule has 0 fully saturated rings. The molecule has 0 rings (SSSR count). The summed E-state index contributed by atoms with van der Waals surface area (Å²) in [4.78, 5) is 38.3. The van der Waals surface area contributed by atoms with Crippen LogP contribution in [0.5, 0.6) is 0 Å². The van der Waals surface area contributed by atoms with Crippen molar-refractivity contribution in [2.75, 3.05) is 13.2 Å². The average molecular weight is 1110 g/mol. The lowest BCUT2D eigenvalue weighted by Gasteiger charge is -2.18. The van der Waals surface area contributed by atoms with E-state index in [0.29, 0.717) is 19.3 Å². The van der Waals surface area contributed by atoms with Crippen molar-refractivity contribution in [2.24, 2.45) is 0 Å². The highest BCUT2D eigenvalue weighted by atomic mass is 16.6. The Morgan fingerprint density at radius 3 is 0.762 bits per heavy atom. The molecular formula is C74H120O6. The highest BCUT2D eigenvalue weighted by Crippen LogP contribution is 2.15. The molecule has 80 heavy (non-hydrogen) atoms. The summed E-state index contributed by atoms with van der Waals surface area (Å²) in [5, 5.41) is 0. The van der Waals surface area contributed by atoms with Crippen LogP contribution >= 0.6 is 0 Å². The maximum Gasteiger partial charge on any atom is 0.306 e. The third kappa shape index (κ3) is 64.1. The van der Waals surface area contributed by atoms with Crippen LogP contribution in [-0.2, 0) is 28.6 Å². The highest BCUT2D eigenvalue weighted by Gasteiger charge is 2.19. The molecule has 0 bridgehead atoms. The monoisotopic (exact) mass is 1100 g/mol. The smallest absolute Gasteiger partial charge is 0.306 e. The molecule has 0 radical (unpaired) electrons. The van der Waals surface area contributed by atoms with Gasteiger partial charge in [0.2, 0.25) is 0 Å². The van der Waals surface area contributed by atoms with Crippen molar-refractivity contribution >= 4 is 17.9 Å². The molecule has 0 saturated carbocycles. The van der Waals surface area contributed by atoms with Crippen LogP contribution in [0, 0.1) is 0 Å². The number of allylic oxidation sites excluding steroid dienone is 24. The molecule has 1 atom stereocenters. The predicted molar refractivity (Wildman–Crippen MR) is 348 cm³/mol. The van der Waals surface area contributed by atoms with Gasteiger partial charge in [-0.05, 0) is 122 Å². The highest BCUT2D eigenvalue weighted by molar-refractivity contribution is 5.71. The Bertz CT molecular complexity index is 1750. The van der Waals surface area contributed by atoms with Gasteiger partial charge in [-0.15, -0.1) is 0 Å². The van der Waals surface area contributed by atoms with Crippen LogP contribution in [0.25, 0.3) is 0 Å². The van der Waals surface area contributed by atoms with Crippen LogP contribution < -0.4 is 0 Å². The van der Waals surface area contributed by atoms with E-state index in [0.717, 1.165) is 161 Å². The first-order valence-electron chi connectivity index (χ1n) is 32.8. The minimum Gasteiger partial charge on any atom is -0.462 e. The molecule has 0 spiro atoms. The average Bonchev–Trinajstić information content (AvgIpc) is 3.46. The standard InChI is InChI=1S/C74H120O6/c1-4-7-10-13-16-19-22-25-28-30-31-32-33-34-35-36-37-38-39-40-41-42-43-45-46-49-52-55-58-61-64-67-73(76)79-70-71(69-78-72(75)66-63-60-57-54-51-48-27-24-21-18-15-12-9-6-3)80-74(77)68-65-62-59-56-53-50-47-44-29-26-23-20-17-14-11-8-5-2/h7-8,10-11,16-17,19-20,25-26,28-29,31-32,34-35,37-38,40-41,43,45,47,50,71H,4-6,9,12-15,18,21-24,27,30,33,36,39,42,44,46,48-49,51-70H2,1-3H3/b10-7-,11-8-,19-16-,20-17-,28-25-,29-26-,32-31-,35-34-,38-37-,41-40-,45-43-,50-47-. The second-order valence-corrected chi connectivity index (χ2v) is 21.3. The zero-order chi connectivity index (χ0) is 57.8. The first-order chi connectivity index (χ1) is 39.5. The van der Waals surface area contributed by atoms with Gasteiger partial charge in [-0.25, -0.2) is 0 Å². The quantitative estimate of drug-likeness (QED) is 0.0261. The normalized spacial score (nSPS) is 13.1. The van der Waals surface area contributed by atoms with Gasteiger partial charge in [0.15, 0.2) is 6.10 Å². The van der Waals surface area contributed by atoms with Crippen molar-refractivity contribution in [1.29, 1.82) is 0 Å². The summed E-state index contributed by atoms with van der Waals surface area (Å²) in [5.41, 5.74) is 0. The van der Waals surface area contributed by atoms with Gasteiger partial charge >= 0.3 is 17.9 Å². The minimum atomic E-state index is -0.802. The molecule has 0 saturated heterocycles. The largest absolute Gasteiger partial charge is 0.462 e. The lowest BCUT2D eigenvalue weighted by molar-refractivity contribution is -0.167. The third-order valence-corrected chi connectivity index (χ3v) is 13.6. The van der Waals surface area contributed by atoms with Gasteiger partial charge in [0.1, 0.15) is 13.2 Å². The fourth-order valence-corrected chi connectivity index (χ4v) is 8.74. The van der Waals surface area contributed by atoms with Gasteiger partial charge in [0.05, 0.1) is 0 Å². The van der Waals surface area contributed by atoms with Gasteiger partial charge < -0.3 is 14.2 Å². The number of hydrogen-bond acceptors (Lipinski definition) is 6. The molecule has 0 N–H and O–H groups in total. The number of carbonyl (C=O) groups is 3. The van der Waals surface area contributed by atoms with Crippen molar-refractivity contribution in [3.05, 3.63) is 146 Å². The van der Waals surface area contributed by atoms with Crippen LogP contribution in [-0.4, -0.2) is 37.2 Å². The maximum atomic E-state index is 12.9. The second kappa shape index (κ2) is 66.8. The SMILES string of the molecule is CC/C=C\C/C=C\C/C=C\C/C=C\C/C=C\C/C=C\C/C=C\C/C=C\CCCCCCCCC(=O)OCC(COC(=O)CCCCCCCCCCCCCCCC)OC(=O)CCCCCC/C=C\C/C=C\C/C=C\C/C=C\CC. The van der Waals surface area contributed by atoms with E-state index in [1.54, 1.807) is 0 Å². The number of ether oxygens (including phenoxy) is 3. The van der Waals surface area contributed by atoms with E-state index in [9.17, 15) is 14.4 Å². The van der Waals surface area contributed by atoms with E-state index >= 15 is 0 Å². The molecule has 0 aliphatic rings. The van der Waals surface area contributed by atoms with Crippen molar-refractivity contribution in [3.8, 4) is 0 Å². The van der Waals surface area contributed by atoms with Gasteiger partial charge in [-0.2, -0.15) is 0 Å². The molecule has 0 aromatic rings. The van der Waals surface area contributed by atoms with Gasteiger partial charge in [-0.1, -0.05) is 289 Å². The van der Waals surface area contributed by atoms with Crippen LogP contribution in [0.15, 0.2) is 146 Å². The lowest BCUT2D eigenvalue weighted by atomic mass is 10.0. The zero-order valence-corrected chi connectivity index (χ0v) is 51.8. The Hall–Kier alpha value is -4.71. The van der Waals surface area contributed by atoms with Crippen LogP contribution in [0.3, 0.4) is 0 Å². The Labute approximate surface area is 493 Å². The molecule has 6 heteroatoms. The van der Waals surface area contributed by atoms with E-state index in [4.69, 9.17) is 14.2 Å². The number of carbonyl (C=O) groups excluding carboxylic acids is 3. The zero-order valence-electron chi connectivity index (χ0n) is 51.8. The number of unbranched alkanes of at least 4 members (excludes halogenated alkanes) is 23. The Morgan fingerprint density at radius 1 is 0.263 bits per heavy atom. The summed E-state index contributed by atoms with van der Waals surface area (Å²) in [5.74, 6) is -0.932. The molecule has 0 amide bonds. The van der Waals surface area contributed by atoms with Crippen LogP contribution in [0.2, 0.25) is 0 Å². The molecule has 0 aromatic carbocycles. The van der Waals surface area contributed by atoms with E-state index in [2.05, 4.69) is 167 Å². The summed E-state index contributed by atoms with van der Waals surface area (Å²) in [7, 11) is 0. The Kier molecular flexibility index (Phi) is 62.9. The van der Waals surface area contributed by atoms with E-state index in [1.165, 1.54) is 83.5 Å². The van der Waals surface area contributed by atoms with Crippen molar-refractivity contribution in [3.63, 3.8) is 0 Å². The third-order valence-electron chi connectivity index (χ3n) is 13.6. The summed E-state index contributed by atoms with van der Waals surface area (Å²) in [6.07, 6.45) is 95.7. The molecule has 0 aliphatic carbocycles. The molecule has 452 valence electrons. The second-order valence-electron chi connectivity index (χ2n) is 21.3. The van der Waals surface area contributed by atoms with E-state index in [1.807, 2.05) is 0 Å². The number of esters is 3. The Balaban J connectivity index is 4.38. The van der Waals surface area contributed by atoms with Gasteiger partial charge in [-0.3, -0.25) is 14.4 Å². The maximum absolute atomic E-state index is 12.9. The fraction of sp³-hybridized carbons (Fsp3) is 0.635. The first-order valence-corrected chi connectivity index (χ1v) is 32.8. The first kappa shape index (κ1) is 75.3. The predicted octanol–water partition coefficient (Wildman–Crippen LogP) is 22.7. The molecule has 6 nitrogen and oxygen atoms in total. The summed E-state index contributed by atoms with van der Waals surface area (Å²) < 4.78 is 16.9. The number of rotatable bonds is 58. The van der Waals surface area contributed by atoms with Crippen molar-refractivity contribution in [1.82, 2.24) is 0 Å². The summed E-state index contributed by atoms with van der Waals surface area (Å²) >= 11 is 0. The fourth-order valence-electron chi connectivity index (χ4n) is 8.74. The Morgan fingerprint density at radius 2 is 0.487 bits per heavy atom. The van der Waals surface area contributed by atoms with Crippen LogP contribution in [0.1, 0.15) is 284 Å². The molecule has 0 heterocycles. The summed E-state index contributed by atoms with van der Waals surface area (Å²) in [6.45, 7) is 6.39.